The quantitative estimate of drug-likeness (QED) is 0.300. The fourth-order valence-corrected chi connectivity index (χ4v) is 5.73. The van der Waals surface area contributed by atoms with Crippen LogP contribution in [0.25, 0.3) is 0 Å². The van der Waals surface area contributed by atoms with E-state index in [0.29, 0.717) is 39.3 Å². The zero-order chi connectivity index (χ0) is 28.6. The Hall–Kier alpha value is -2.00. The van der Waals surface area contributed by atoms with E-state index in [4.69, 9.17) is 34.8 Å². The van der Waals surface area contributed by atoms with E-state index in [0.717, 1.165) is 11.8 Å². The summed E-state index contributed by atoms with van der Waals surface area (Å²) >= 11 is 18.9. The number of carbonyl (C=O) groups is 2. The summed E-state index contributed by atoms with van der Waals surface area (Å²) in [6.07, 6.45) is 1.75. The van der Waals surface area contributed by atoms with Crippen molar-refractivity contribution >= 4 is 62.3 Å². The molecule has 2 aromatic rings. The number of hydrogen-bond acceptors (Lipinski definition) is 4. The van der Waals surface area contributed by atoms with Crippen molar-refractivity contribution in [1.29, 1.82) is 0 Å². The van der Waals surface area contributed by atoms with Crippen molar-refractivity contribution in [1.82, 2.24) is 10.2 Å². The molecule has 0 spiro atoms. The number of nitrogens with one attached hydrogen (secondary N) is 1. The Morgan fingerprint density at radius 1 is 1.05 bits per heavy atom. The van der Waals surface area contributed by atoms with Crippen LogP contribution >= 0.6 is 34.8 Å². The van der Waals surface area contributed by atoms with Gasteiger partial charge in [-0.25, -0.2) is 8.42 Å². The standard InChI is InChI=1S/C27H36Cl3N3O4S/c1-6-24(27(35)31-16-18(2)3)32(17-21-22(29)9-7-10-23(21)30)26(34)11-8-14-33(38(5,36)37)25-15-20(28)13-12-19(25)4/h7,9-10,12-13,15,18,24H,6,8,11,14,16-17H2,1-5H3,(H,31,35)/t24-/m0/s1. The van der Waals surface area contributed by atoms with Gasteiger partial charge in [0.2, 0.25) is 21.8 Å². The lowest BCUT2D eigenvalue weighted by Gasteiger charge is -2.32. The molecule has 0 saturated carbocycles. The normalized spacial score (nSPS) is 12.3. The summed E-state index contributed by atoms with van der Waals surface area (Å²) in [4.78, 5) is 28.1. The molecule has 0 radical (unpaired) electrons. The molecule has 0 aliphatic carbocycles. The Morgan fingerprint density at radius 2 is 1.68 bits per heavy atom. The van der Waals surface area contributed by atoms with E-state index in [1.165, 1.54) is 9.21 Å². The van der Waals surface area contributed by atoms with E-state index in [-0.39, 0.29) is 43.7 Å². The first-order valence-electron chi connectivity index (χ1n) is 12.5. The van der Waals surface area contributed by atoms with Gasteiger partial charge in [0.25, 0.3) is 0 Å². The van der Waals surface area contributed by atoms with Crippen LogP contribution in [0.1, 0.15) is 51.2 Å². The summed E-state index contributed by atoms with van der Waals surface area (Å²) in [6.45, 7) is 8.21. The zero-order valence-electron chi connectivity index (χ0n) is 22.4. The molecule has 2 amide bonds. The van der Waals surface area contributed by atoms with Crippen molar-refractivity contribution in [3.63, 3.8) is 0 Å². The van der Waals surface area contributed by atoms with Crippen LogP contribution in [-0.4, -0.2) is 50.5 Å². The fourth-order valence-electron chi connectivity index (χ4n) is 4.03. The highest BCUT2D eigenvalue weighted by molar-refractivity contribution is 7.92. The van der Waals surface area contributed by atoms with Crippen LogP contribution in [-0.2, 0) is 26.2 Å². The maximum atomic E-state index is 13.6. The summed E-state index contributed by atoms with van der Waals surface area (Å²) in [6, 6.07) is 9.37. The number of anilines is 1. The predicted molar refractivity (Wildman–Crippen MR) is 157 cm³/mol. The number of rotatable bonds is 13. The largest absolute Gasteiger partial charge is 0.354 e. The van der Waals surface area contributed by atoms with E-state index < -0.39 is 16.1 Å². The molecule has 11 heteroatoms. The third-order valence-corrected chi connectivity index (χ3v) is 8.18. The average molecular weight is 605 g/mol. The second kappa shape index (κ2) is 14.4. The van der Waals surface area contributed by atoms with Crippen molar-refractivity contribution in [3.8, 4) is 0 Å². The maximum absolute atomic E-state index is 13.6. The van der Waals surface area contributed by atoms with Crippen molar-refractivity contribution in [2.24, 2.45) is 5.92 Å². The predicted octanol–water partition coefficient (Wildman–Crippen LogP) is 6.08. The van der Waals surface area contributed by atoms with Gasteiger partial charge in [0, 0.05) is 46.7 Å². The second-order valence-corrected chi connectivity index (χ2v) is 12.8. The smallest absolute Gasteiger partial charge is 0.242 e. The van der Waals surface area contributed by atoms with Crippen LogP contribution in [0, 0.1) is 12.8 Å². The molecular formula is C27H36Cl3N3O4S. The third kappa shape index (κ3) is 9.04. The minimum Gasteiger partial charge on any atom is -0.354 e. The molecule has 1 N–H and O–H groups in total. The fraction of sp³-hybridized carbons (Fsp3) is 0.481. The first-order chi connectivity index (χ1) is 17.8. The van der Waals surface area contributed by atoms with Crippen molar-refractivity contribution in [3.05, 3.63) is 62.6 Å². The maximum Gasteiger partial charge on any atom is 0.242 e. The molecule has 38 heavy (non-hydrogen) atoms. The molecule has 1 atom stereocenters. The number of benzene rings is 2. The highest BCUT2D eigenvalue weighted by Gasteiger charge is 2.30. The summed E-state index contributed by atoms with van der Waals surface area (Å²) in [5.74, 6) is -0.315. The molecule has 0 aliphatic rings. The lowest BCUT2D eigenvalue weighted by atomic mass is 10.1. The lowest BCUT2D eigenvalue weighted by molar-refractivity contribution is -0.141. The van der Waals surface area contributed by atoms with Crippen LogP contribution in [0.2, 0.25) is 15.1 Å². The summed E-state index contributed by atoms with van der Waals surface area (Å²) in [5, 5.41) is 4.12. The van der Waals surface area contributed by atoms with Gasteiger partial charge in [-0.15, -0.1) is 0 Å². The summed E-state index contributed by atoms with van der Waals surface area (Å²) in [7, 11) is -3.63. The molecule has 0 bridgehead atoms. The Kier molecular flexibility index (Phi) is 12.2. The Bertz CT molecular complexity index is 1220. The minimum absolute atomic E-state index is 0.0155. The van der Waals surface area contributed by atoms with Gasteiger partial charge in [-0.3, -0.25) is 13.9 Å². The molecule has 0 fully saturated rings. The number of carbonyl (C=O) groups excluding carboxylic acids is 2. The number of aryl methyl sites for hydroxylation is 1. The molecule has 2 aromatic carbocycles. The van der Waals surface area contributed by atoms with Crippen LogP contribution in [0.4, 0.5) is 5.69 Å². The van der Waals surface area contributed by atoms with E-state index in [2.05, 4.69) is 5.32 Å². The number of nitrogens with zero attached hydrogens (tertiary/aromatic N) is 2. The monoisotopic (exact) mass is 603 g/mol. The summed E-state index contributed by atoms with van der Waals surface area (Å²) < 4.78 is 26.4. The third-order valence-electron chi connectivity index (χ3n) is 6.05. The minimum atomic E-state index is -3.63. The molecule has 0 aliphatic heterocycles. The molecule has 7 nitrogen and oxygen atoms in total. The average Bonchev–Trinajstić information content (AvgIpc) is 2.83. The second-order valence-electron chi connectivity index (χ2n) is 9.65. The van der Waals surface area contributed by atoms with Gasteiger partial charge in [-0.05, 0) is 55.5 Å². The molecule has 0 saturated heterocycles. The van der Waals surface area contributed by atoms with E-state index in [1.807, 2.05) is 20.8 Å². The van der Waals surface area contributed by atoms with Crippen molar-refractivity contribution in [2.45, 2.75) is 59.5 Å². The number of sulfonamides is 1. The molecule has 0 unspecified atom stereocenters. The van der Waals surface area contributed by atoms with Crippen LogP contribution in [0.3, 0.4) is 0 Å². The van der Waals surface area contributed by atoms with Gasteiger partial charge in [-0.2, -0.15) is 0 Å². The Balaban J connectivity index is 2.30. The molecule has 2 rings (SSSR count). The highest BCUT2D eigenvalue weighted by atomic mass is 35.5. The van der Waals surface area contributed by atoms with Crippen molar-refractivity contribution in [2.75, 3.05) is 23.7 Å². The lowest BCUT2D eigenvalue weighted by Crippen LogP contribution is -2.49. The van der Waals surface area contributed by atoms with E-state index in [9.17, 15) is 18.0 Å². The van der Waals surface area contributed by atoms with Crippen LogP contribution < -0.4 is 9.62 Å². The first kappa shape index (κ1) is 32.2. The molecular weight excluding hydrogens is 569 g/mol. The van der Waals surface area contributed by atoms with Gasteiger partial charge >= 0.3 is 0 Å². The van der Waals surface area contributed by atoms with Gasteiger partial charge < -0.3 is 10.2 Å². The first-order valence-corrected chi connectivity index (χ1v) is 15.5. The molecule has 0 heterocycles. The number of halogens is 3. The molecule has 0 aromatic heterocycles. The Morgan fingerprint density at radius 3 is 2.24 bits per heavy atom. The van der Waals surface area contributed by atoms with Gasteiger partial charge in [0.1, 0.15) is 6.04 Å². The highest BCUT2D eigenvalue weighted by Crippen LogP contribution is 2.29. The molecule has 210 valence electrons. The zero-order valence-corrected chi connectivity index (χ0v) is 25.5. The van der Waals surface area contributed by atoms with Gasteiger partial charge in [0.05, 0.1) is 11.9 Å². The summed E-state index contributed by atoms with van der Waals surface area (Å²) in [5.41, 5.74) is 1.76. The Labute approximate surface area is 241 Å². The van der Waals surface area contributed by atoms with E-state index >= 15 is 0 Å². The van der Waals surface area contributed by atoms with Gasteiger partial charge in [-0.1, -0.05) is 67.7 Å². The number of amides is 2. The van der Waals surface area contributed by atoms with Crippen LogP contribution in [0.15, 0.2) is 36.4 Å². The number of hydrogen-bond donors (Lipinski definition) is 1. The van der Waals surface area contributed by atoms with Crippen molar-refractivity contribution < 1.29 is 18.0 Å². The van der Waals surface area contributed by atoms with Crippen LogP contribution in [0.5, 0.6) is 0 Å². The topological polar surface area (TPSA) is 86.8 Å². The van der Waals surface area contributed by atoms with Gasteiger partial charge in [0.15, 0.2) is 0 Å². The van der Waals surface area contributed by atoms with E-state index in [1.54, 1.807) is 43.3 Å². The SMILES string of the molecule is CC[C@@H](C(=O)NCC(C)C)N(Cc1c(Cl)cccc1Cl)C(=O)CCCN(c1cc(Cl)ccc1C)S(C)(=O)=O.